The number of hydrogen-bond donors (Lipinski definition) is 0. The van der Waals surface area contributed by atoms with Crippen LogP contribution in [0.25, 0.3) is 0 Å². The molecule has 2 nitrogen and oxygen atoms in total. The average Bonchev–Trinajstić information content (AvgIpc) is 2.55. The standard InChI is InChI=1S/C18H17BrFNOS/c19-15-4-5-16(17(20)11-15)18(22)14-3-1-2-13(10-14)12-21-6-8-23-9-7-21/h1-5,10-11H,6-9,12H2. The van der Waals surface area contributed by atoms with E-state index in [-0.39, 0.29) is 11.3 Å². The van der Waals surface area contributed by atoms with Crippen LogP contribution in [-0.2, 0) is 6.54 Å². The smallest absolute Gasteiger partial charge is 0.195 e. The van der Waals surface area contributed by atoms with E-state index in [2.05, 4.69) is 20.8 Å². The van der Waals surface area contributed by atoms with E-state index in [0.29, 0.717) is 10.0 Å². The summed E-state index contributed by atoms with van der Waals surface area (Å²) in [6.07, 6.45) is 0. The maximum atomic E-state index is 14.0. The number of nitrogens with zero attached hydrogens (tertiary/aromatic N) is 1. The Kier molecular flexibility index (Phi) is 5.51. The highest BCUT2D eigenvalue weighted by atomic mass is 79.9. The van der Waals surface area contributed by atoms with Crippen molar-refractivity contribution in [2.75, 3.05) is 24.6 Å². The Morgan fingerprint density at radius 2 is 1.96 bits per heavy atom. The maximum Gasteiger partial charge on any atom is 0.195 e. The SMILES string of the molecule is O=C(c1cccc(CN2CCSCC2)c1)c1ccc(Br)cc1F. The van der Waals surface area contributed by atoms with Gasteiger partial charge in [-0.2, -0.15) is 11.8 Å². The van der Waals surface area contributed by atoms with E-state index in [0.717, 1.165) is 36.7 Å². The van der Waals surface area contributed by atoms with Gasteiger partial charge in [-0.15, -0.1) is 0 Å². The number of halogens is 2. The van der Waals surface area contributed by atoms with Crippen LogP contribution in [0.15, 0.2) is 46.9 Å². The zero-order valence-corrected chi connectivity index (χ0v) is 15.0. The topological polar surface area (TPSA) is 20.3 Å². The molecule has 0 N–H and O–H groups in total. The molecule has 120 valence electrons. The van der Waals surface area contributed by atoms with Crippen LogP contribution in [0, 0.1) is 5.82 Å². The summed E-state index contributed by atoms with van der Waals surface area (Å²) in [5, 5.41) is 0. The third kappa shape index (κ3) is 4.22. The molecule has 1 heterocycles. The number of carbonyl (C=O) groups is 1. The molecule has 0 spiro atoms. The van der Waals surface area contributed by atoms with Crippen LogP contribution >= 0.6 is 27.7 Å². The Balaban J connectivity index is 1.79. The summed E-state index contributed by atoms with van der Waals surface area (Å²) in [5.74, 6) is 1.54. The quantitative estimate of drug-likeness (QED) is 0.719. The highest BCUT2D eigenvalue weighted by Crippen LogP contribution is 2.20. The number of ketones is 1. The van der Waals surface area contributed by atoms with E-state index < -0.39 is 5.82 Å². The van der Waals surface area contributed by atoms with Gasteiger partial charge in [0, 0.05) is 41.2 Å². The third-order valence-corrected chi connectivity index (χ3v) is 5.31. The zero-order valence-electron chi connectivity index (χ0n) is 12.6. The fourth-order valence-corrected chi connectivity index (χ4v) is 3.97. The summed E-state index contributed by atoms with van der Waals surface area (Å²) < 4.78 is 14.6. The molecule has 0 radical (unpaired) electrons. The average molecular weight is 394 g/mol. The van der Waals surface area contributed by atoms with Crippen molar-refractivity contribution in [1.82, 2.24) is 4.90 Å². The highest BCUT2D eigenvalue weighted by molar-refractivity contribution is 9.10. The fraction of sp³-hybridized carbons (Fsp3) is 0.278. The molecule has 5 heteroatoms. The Morgan fingerprint density at radius 1 is 1.17 bits per heavy atom. The van der Waals surface area contributed by atoms with Crippen LogP contribution in [0.5, 0.6) is 0 Å². The molecule has 1 aliphatic heterocycles. The van der Waals surface area contributed by atoms with Gasteiger partial charge in [-0.05, 0) is 29.8 Å². The zero-order chi connectivity index (χ0) is 16.2. The number of hydrogen-bond acceptors (Lipinski definition) is 3. The summed E-state index contributed by atoms with van der Waals surface area (Å²) >= 11 is 5.19. The van der Waals surface area contributed by atoms with Crippen molar-refractivity contribution in [3.8, 4) is 0 Å². The molecule has 2 aromatic rings. The van der Waals surface area contributed by atoms with Crippen molar-refractivity contribution >= 4 is 33.5 Å². The Hall–Kier alpha value is -1.17. The molecule has 23 heavy (non-hydrogen) atoms. The molecule has 0 atom stereocenters. The molecule has 0 amide bonds. The van der Waals surface area contributed by atoms with Crippen molar-refractivity contribution in [3.63, 3.8) is 0 Å². The van der Waals surface area contributed by atoms with Gasteiger partial charge in [0.2, 0.25) is 0 Å². The summed E-state index contributed by atoms with van der Waals surface area (Å²) in [6.45, 7) is 2.98. The lowest BCUT2D eigenvalue weighted by molar-refractivity contribution is 0.103. The Labute approximate surface area is 148 Å². The lowest BCUT2D eigenvalue weighted by atomic mass is 10.0. The van der Waals surface area contributed by atoms with Gasteiger partial charge in [0.05, 0.1) is 5.56 Å². The van der Waals surface area contributed by atoms with Crippen LogP contribution in [-0.4, -0.2) is 35.3 Å². The molecule has 3 rings (SSSR count). The number of thioether (sulfide) groups is 1. The largest absolute Gasteiger partial charge is 0.297 e. The van der Waals surface area contributed by atoms with E-state index in [1.807, 2.05) is 30.0 Å². The molecule has 1 fully saturated rings. The Bertz CT molecular complexity index is 716. The van der Waals surface area contributed by atoms with Crippen molar-refractivity contribution < 1.29 is 9.18 Å². The molecule has 0 unspecified atom stereocenters. The summed E-state index contributed by atoms with van der Waals surface area (Å²) in [5.41, 5.74) is 1.75. The van der Waals surface area contributed by atoms with Crippen molar-refractivity contribution in [1.29, 1.82) is 0 Å². The fourth-order valence-electron chi connectivity index (χ4n) is 2.66. The summed E-state index contributed by atoms with van der Waals surface area (Å²) in [7, 11) is 0. The lowest BCUT2D eigenvalue weighted by Gasteiger charge is -2.26. The maximum absolute atomic E-state index is 14.0. The summed E-state index contributed by atoms with van der Waals surface area (Å²) in [6, 6.07) is 12.1. The van der Waals surface area contributed by atoms with Crippen LogP contribution in [0.2, 0.25) is 0 Å². The molecular formula is C18H17BrFNOS. The van der Waals surface area contributed by atoms with Crippen molar-refractivity contribution in [2.45, 2.75) is 6.54 Å². The molecule has 0 bridgehead atoms. The van der Waals surface area contributed by atoms with Gasteiger partial charge >= 0.3 is 0 Å². The van der Waals surface area contributed by atoms with Crippen molar-refractivity contribution in [2.24, 2.45) is 0 Å². The number of benzene rings is 2. The minimum absolute atomic E-state index is 0.111. The molecule has 1 saturated heterocycles. The third-order valence-electron chi connectivity index (χ3n) is 3.87. The predicted octanol–water partition coefficient (Wildman–Crippen LogP) is 4.37. The molecule has 2 aromatic carbocycles. The van der Waals surface area contributed by atoms with Crippen LogP contribution in [0.3, 0.4) is 0 Å². The monoisotopic (exact) mass is 393 g/mol. The number of carbonyl (C=O) groups excluding carboxylic acids is 1. The predicted molar refractivity (Wildman–Crippen MR) is 96.6 cm³/mol. The van der Waals surface area contributed by atoms with Crippen LogP contribution in [0.1, 0.15) is 21.5 Å². The van der Waals surface area contributed by atoms with E-state index in [4.69, 9.17) is 0 Å². The van der Waals surface area contributed by atoms with Gasteiger partial charge in [-0.25, -0.2) is 4.39 Å². The summed E-state index contributed by atoms with van der Waals surface area (Å²) in [4.78, 5) is 14.9. The second-order valence-electron chi connectivity index (χ2n) is 5.54. The second-order valence-corrected chi connectivity index (χ2v) is 7.68. The molecule has 0 aliphatic carbocycles. The Morgan fingerprint density at radius 3 is 2.70 bits per heavy atom. The highest BCUT2D eigenvalue weighted by Gasteiger charge is 2.16. The van der Waals surface area contributed by atoms with Crippen molar-refractivity contribution in [3.05, 3.63) is 69.4 Å². The first-order valence-corrected chi connectivity index (χ1v) is 9.47. The molecular weight excluding hydrogens is 377 g/mol. The lowest BCUT2D eigenvalue weighted by Crippen LogP contribution is -2.32. The normalized spacial score (nSPS) is 15.6. The van der Waals surface area contributed by atoms with Crippen LogP contribution in [0.4, 0.5) is 4.39 Å². The van der Waals surface area contributed by atoms with Gasteiger partial charge in [0.15, 0.2) is 5.78 Å². The van der Waals surface area contributed by atoms with Gasteiger partial charge in [-0.3, -0.25) is 9.69 Å². The van der Waals surface area contributed by atoms with E-state index in [1.54, 1.807) is 12.1 Å². The molecule has 1 aliphatic rings. The molecule has 0 saturated carbocycles. The first-order chi connectivity index (χ1) is 11.1. The number of rotatable bonds is 4. The van der Waals surface area contributed by atoms with Crippen LogP contribution < -0.4 is 0 Å². The van der Waals surface area contributed by atoms with Gasteiger partial charge < -0.3 is 0 Å². The van der Waals surface area contributed by atoms with Gasteiger partial charge in [-0.1, -0.05) is 34.1 Å². The van der Waals surface area contributed by atoms with E-state index in [9.17, 15) is 9.18 Å². The minimum atomic E-state index is -0.497. The molecule has 0 aromatic heterocycles. The van der Waals surface area contributed by atoms with E-state index >= 15 is 0 Å². The minimum Gasteiger partial charge on any atom is -0.297 e. The first-order valence-electron chi connectivity index (χ1n) is 7.52. The van der Waals surface area contributed by atoms with E-state index in [1.165, 1.54) is 12.1 Å². The first kappa shape index (κ1) is 16.7. The van der Waals surface area contributed by atoms with Gasteiger partial charge in [0.25, 0.3) is 0 Å². The second kappa shape index (κ2) is 7.60. The van der Waals surface area contributed by atoms with Gasteiger partial charge in [0.1, 0.15) is 5.82 Å².